The summed E-state index contributed by atoms with van der Waals surface area (Å²) < 4.78 is 18.1. The molecule has 2 rings (SSSR count). The second-order valence-electron chi connectivity index (χ2n) is 3.67. The minimum absolute atomic E-state index is 0.0232. The molecule has 86 valence electrons. The molecular weight excluding hydrogens is 211 g/mol. The van der Waals surface area contributed by atoms with E-state index in [9.17, 15) is 9.18 Å². The molecule has 1 saturated heterocycles. The van der Waals surface area contributed by atoms with Crippen LogP contribution in [0.25, 0.3) is 0 Å². The lowest BCUT2D eigenvalue weighted by molar-refractivity contribution is -0.132. The van der Waals surface area contributed by atoms with Crippen molar-refractivity contribution in [3.05, 3.63) is 24.3 Å². The first-order chi connectivity index (χ1) is 7.77. The van der Waals surface area contributed by atoms with Gasteiger partial charge in [-0.2, -0.15) is 4.39 Å². The van der Waals surface area contributed by atoms with Gasteiger partial charge in [0.15, 0.2) is 12.4 Å². The van der Waals surface area contributed by atoms with Gasteiger partial charge < -0.3 is 9.64 Å². The van der Waals surface area contributed by atoms with Gasteiger partial charge in [-0.25, -0.2) is 4.98 Å². The predicted octanol–water partition coefficient (Wildman–Crippen LogP) is 1.22. The lowest BCUT2D eigenvalue weighted by Crippen LogP contribution is -2.32. The Labute approximate surface area is 93.0 Å². The molecule has 0 N–H and O–H groups in total. The molecule has 0 bridgehead atoms. The Kier molecular flexibility index (Phi) is 3.34. The predicted molar refractivity (Wildman–Crippen MR) is 55.5 cm³/mol. The molecule has 1 amide bonds. The van der Waals surface area contributed by atoms with Gasteiger partial charge in [0.2, 0.25) is 0 Å². The van der Waals surface area contributed by atoms with Gasteiger partial charge in [-0.3, -0.25) is 4.79 Å². The molecule has 0 unspecified atom stereocenters. The topological polar surface area (TPSA) is 42.4 Å². The summed E-state index contributed by atoms with van der Waals surface area (Å²) in [6.07, 6.45) is 3.41. The second kappa shape index (κ2) is 4.92. The van der Waals surface area contributed by atoms with Crippen LogP contribution in [0.5, 0.6) is 5.75 Å². The number of nitrogens with zero attached hydrogens (tertiary/aromatic N) is 2. The standard InChI is InChI=1S/C11H13FN2O2/c12-11-9(4-3-5-13-11)16-8-10(15)14-6-1-2-7-14/h3-5H,1-2,6-8H2. The summed E-state index contributed by atoms with van der Waals surface area (Å²) in [6, 6.07) is 3.03. The SMILES string of the molecule is O=C(COc1cccnc1F)N1CCCC1. The van der Waals surface area contributed by atoms with E-state index in [1.54, 1.807) is 11.0 Å². The third-order valence-corrected chi connectivity index (χ3v) is 2.53. The lowest BCUT2D eigenvalue weighted by atomic mass is 10.4. The van der Waals surface area contributed by atoms with Crippen LogP contribution in [-0.2, 0) is 4.79 Å². The van der Waals surface area contributed by atoms with Crippen molar-refractivity contribution in [1.82, 2.24) is 9.88 Å². The summed E-state index contributed by atoms with van der Waals surface area (Å²) in [6.45, 7) is 1.43. The Morgan fingerprint density at radius 2 is 2.25 bits per heavy atom. The molecule has 2 heterocycles. The zero-order valence-corrected chi connectivity index (χ0v) is 8.86. The fraction of sp³-hybridized carbons (Fsp3) is 0.455. The molecule has 0 spiro atoms. The van der Waals surface area contributed by atoms with E-state index in [4.69, 9.17) is 4.74 Å². The molecule has 0 saturated carbocycles. The molecule has 5 heteroatoms. The van der Waals surface area contributed by atoms with E-state index in [2.05, 4.69) is 4.98 Å². The maximum absolute atomic E-state index is 13.1. The summed E-state index contributed by atoms with van der Waals surface area (Å²) in [5, 5.41) is 0. The zero-order chi connectivity index (χ0) is 11.4. The molecule has 1 aliphatic heterocycles. The first kappa shape index (κ1) is 10.9. The third-order valence-electron chi connectivity index (χ3n) is 2.53. The number of hydrogen-bond donors (Lipinski definition) is 0. The number of hydrogen-bond acceptors (Lipinski definition) is 3. The van der Waals surface area contributed by atoms with Crippen molar-refractivity contribution in [2.75, 3.05) is 19.7 Å². The van der Waals surface area contributed by atoms with Gasteiger partial charge in [0.1, 0.15) is 0 Å². The highest BCUT2D eigenvalue weighted by Gasteiger charge is 2.18. The highest BCUT2D eigenvalue weighted by molar-refractivity contribution is 5.77. The molecule has 0 aliphatic carbocycles. The maximum Gasteiger partial charge on any atom is 0.260 e. The summed E-state index contributed by atoms with van der Waals surface area (Å²) in [5.74, 6) is -0.757. The van der Waals surface area contributed by atoms with E-state index in [0.29, 0.717) is 0 Å². The van der Waals surface area contributed by atoms with Gasteiger partial charge in [0, 0.05) is 19.3 Å². The van der Waals surface area contributed by atoms with Crippen LogP contribution in [0.3, 0.4) is 0 Å². The number of carbonyl (C=O) groups is 1. The summed E-state index contributed by atoms with van der Waals surface area (Å²) >= 11 is 0. The highest BCUT2D eigenvalue weighted by atomic mass is 19.1. The maximum atomic E-state index is 13.1. The second-order valence-corrected chi connectivity index (χ2v) is 3.67. The van der Waals surface area contributed by atoms with Crippen molar-refractivity contribution >= 4 is 5.91 Å². The first-order valence-electron chi connectivity index (χ1n) is 5.28. The first-order valence-corrected chi connectivity index (χ1v) is 5.28. The van der Waals surface area contributed by atoms with Crippen LogP contribution in [0, 0.1) is 5.95 Å². The summed E-state index contributed by atoms with van der Waals surface area (Å²) in [7, 11) is 0. The minimum atomic E-state index is -0.684. The highest BCUT2D eigenvalue weighted by Crippen LogP contribution is 2.13. The number of ether oxygens (including phenoxy) is 1. The number of amides is 1. The largest absolute Gasteiger partial charge is 0.479 e. The molecule has 1 aliphatic rings. The number of halogens is 1. The van der Waals surface area contributed by atoms with Gasteiger partial charge in [0.05, 0.1) is 0 Å². The Balaban J connectivity index is 1.87. The van der Waals surface area contributed by atoms with Gasteiger partial charge in [-0.05, 0) is 25.0 Å². The molecule has 0 atom stereocenters. The Hall–Kier alpha value is -1.65. The van der Waals surface area contributed by atoms with E-state index in [0.717, 1.165) is 25.9 Å². The van der Waals surface area contributed by atoms with Crippen LogP contribution in [0.4, 0.5) is 4.39 Å². The fourth-order valence-electron chi connectivity index (χ4n) is 1.68. The Bertz CT molecular complexity index is 378. The zero-order valence-electron chi connectivity index (χ0n) is 8.86. The van der Waals surface area contributed by atoms with E-state index in [1.165, 1.54) is 12.3 Å². The number of pyridine rings is 1. The smallest absolute Gasteiger partial charge is 0.260 e. The lowest BCUT2D eigenvalue weighted by Gasteiger charge is -2.15. The van der Waals surface area contributed by atoms with Gasteiger partial charge >= 0.3 is 0 Å². The van der Waals surface area contributed by atoms with Crippen LogP contribution >= 0.6 is 0 Å². The Morgan fingerprint density at radius 3 is 2.94 bits per heavy atom. The molecule has 4 nitrogen and oxygen atoms in total. The van der Waals surface area contributed by atoms with Crippen LogP contribution in [-0.4, -0.2) is 35.5 Å². The van der Waals surface area contributed by atoms with Crippen LogP contribution in [0.2, 0.25) is 0 Å². The number of carbonyl (C=O) groups excluding carboxylic acids is 1. The molecule has 16 heavy (non-hydrogen) atoms. The Morgan fingerprint density at radius 1 is 1.50 bits per heavy atom. The van der Waals surface area contributed by atoms with Crippen molar-refractivity contribution in [3.8, 4) is 5.75 Å². The molecule has 0 radical (unpaired) electrons. The van der Waals surface area contributed by atoms with Crippen molar-refractivity contribution < 1.29 is 13.9 Å². The monoisotopic (exact) mass is 224 g/mol. The number of aromatic nitrogens is 1. The van der Waals surface area contributed by atoms with E-state index >= 15 is 0 Å². The average molecular weight is 224 g/mol. The normalized spacial score (nSPS) is 15.2. The van der Waals surface area contributed by atoms with Gasteiger partial charge in [0.25, 0.3) is 11.9 Å². The summed E-state index contributed by atoms with van der Waals surface area (Å²) in [4.78, 5) is 16.8. The van der Waals surface area contributed by atoms with Crippen molar-refractivity contribution in [1.29, 1.82) is 0 Å². The third kappa shape index (κ3) is 2.48. The average Bonchev–Trinajstić information content (AvgIpc) is 2.81. The van der Waals surface area contributed by atoms with Crippen molar-refractivity contribution in [3.63, 3.8) is 0 Å². The number of likely N-dealkylation sites (tertiary alicyclic amines) is 1. The summed E-state index contributed by atoms with van der Waals surface area (Å²) in [5.41, 5.74) is 0. The van der Waals surface area contributed by atoms with E-state index in [-0.39, 0.29) is 18.3 Å². The molecule has 1 aromatic rings. The van der Waals surface area contributed by atoms with Gasteiger partial charge in [-0.1, -0.05) is 0 Å². The fourth-order valence-corrected chi connectivity index (χ4v) is 1.68. The molecule has 0 aromatic carbocycles. The molecular formula is C11H13FN2O2. The number of rotatable bonds is 3. The van der Waals surface area contributed by atoms with Crippen molar-refractivity contribution in [2.45, 2.75) is 12.8 Å². The minimum Gasteiger partial charge on any atom is -0.479 e. The molecule has 1 fully saturated rings. The van der Waals surface area contributed by atoms with E-state index < -0.39 is 5.95 Å². The van der Waals surface area contributed by atoms with E-state index in [1.807, 2.05) is 0 Å². The van der Waals surface area contributed by atoms with Crippen molar-refractivity contribution in [2.24, 2.45) is 0 Å². The molecule has 1 aromatic heterocycles. The quantitative estimate of drug-likeness (QED) is 0.725. The van der Waals surface area contributed by atoms with Crippen LogP contribution < -0.4 is 4.74 Å². The van der Waals surface area contributed by atoms with Gasteiger partial charge in [-0.15, -0.1) is 0 Å². The van der Waals surface area contributed by atoms with Crippen LogP contribution in [0.1, 0.15) is 12.8 Å². The van der Waals surface area contributed by atoms with Crippen LogP contribution in [0.15, 0.2) is 18.3 Å².